The largest absolute Gasteiger partial charge is 0.497 e. The number of nitrogens with zero attached hydrogens (tertiary/aromatic N) is 2. The fourth-order valence-electron chi connectivity index (χ4n) is 3.79. The zero-order chi connectivity index (χ0) is 26.2. The fourth-order valence-corrected chi connectivity index (χ4v) is 3.95. The lowest BCUT2D eigenvalue weighted by Crippen LogP contribution is -2.27. The van der Waals surface area contributed by atoms with Gasteiger partial charge in [0, 0.05) is 24.2 Å². The summed E-state index contributed by atoms with van der Waals surface area (Å²) in [7, 11) is 1.63. The average Bonchev–Trinajstić information content (AvgIpc) is 3.32. The molecule has 0 aliphatic heterocycles. The van der Waals surface area contributed by atoms with Crippen molar-refractivity contribution in [1.29, 1.82) is 0 Å². The minimum absolute atomic E-state index is 0.366. The highest BCUT2D eigenvalue weighted by molar-refractivity contribution is 6.31. The van der Waals surface area contributed by atoms with Crippen LogP contribution >= 0.6 is 11.6 Å². The quantitative estimate of drug-likeness (QED) is 0.206. The van der Waals surface area contributed by atoms with Crippen LogP contribution in [0.4, 0.5) is 6.01 Å². The van der Waals surface area contributed by atoms with Crippen molar-refractivity contribution in [2.75, 3.05) is 25.2 Å². The van der Waals surface area contributed by atoms with Crippen LogP contribution in [0.2, 0.25) is 5.02 Å². The molecular formula is C28H29ClN2O6. The first-order valence-corrected chi connectivity index (χ1v) is 12.4. The summed E-state index contributed by atoms with van der Waals surface area (Å²) < 4.78 is 22.8. The number of fused-ring (bicyclic) bond motifs is 1. The molecule has 0 spiro atoms. The van der Waals surface area contributed by atoms with Crippen molar-refractivity contribution < 1.29 is 28.5 Å². The maximum Gasteiger partial charge on any atom is 0.344 e. The van der Waals surface area contributed by atoms with Gasteiger partial charge in [-0.1, -0.05) is 30.7 Å². The number of aromatic nitrogens is 1. The molecule has 3 aromatic carbocycles. The minimum atomic E-state index is -0.989. The van der Waals surface area contributed by atoms with Crippen LogP contribution in [0.25, 0.3) is 11.1 Å². The van der Waals surface area contributed by atoms with Crippen molar-refractivity contribution in [3.05, 3.63) is 77.3 Å². The average molecular weight is 525 g/mol. The molecule has 0 fully saturated rings. The summed E-state index contributed by atoms with van der Waals surface area (Å²) in [5, 5.41) is 9.91. The van der Waals surface area contributed by atoms with Gasteiger partial charge >= 0.3 is 5.97 Å². The van der Waals surface area contributed by atoms with Crippen molar-refractivity contribution in [2.24, 2.45) is 0 Å². The van der Waals surface area contributed by atoms with Crippen LogP contribution in [-0.2, 0) is 11.3 Å². The molecule has 1 aromatic heterocycles. The zero-order valence-electron chi connectivity index (χ0n) is 20.7. The van der Waals surface area contributed by atoms with Gasteiger partial charge < -0.3 is 28.6 Å². The Kier molecular flexibility index (Phi) is 8.74. The molecule has 1 heterocycles. The molecular weight excluding hydrogens is 496 g/mol. The smallest absolute Gasteiger partial charge is 0.344 e. The molecule has 0 aliphatic rings. The summed E-state index contributed by atoms with van der Waals surface area (Å²) in [4.78, 5) is 18.1. The predicted molar refractivity (Wildman–Crippen MR) is 142 cm³/mol. The van der Waals surface area contributed by atoms with Gasteiger partial charge in [0.2, 0.25) is 0 Å². The topological polar surface area (TPSA) is 94.3 Å². The molecule has 0 bridgehead atoms. The van der Waals surface area contributed by atoms with E-state index in [2.05, 4.69) is 4.98 Å². The van der Waals surface area contributed by atoms with Gasteiger partial charge in [-0.25, -0.2) is 4.79 Å². The van der Waals surface area contributed by atoms with E-state index in [0.717, 1.165) is 17.1 Å². The van der Waals surface area contributed by atoms with Crippen molar-refractivity contribution in [3.8, 4) is 17.2 Å². The SMILES string of the molecule is CC[C@@H](Oc1cccc(CN(CCCOc2ccc(OC)cc2)c2nc3ccc(Cl)cc3o2)c1)C(=O)O. The molecule has 0 saturated carbocycles. The second-order valence-corrected chi connectivity index (χ2v) is 8.84. The lowest BCUT2D eigenvalue weighted by Gasteiger charge is -2.21. The number of hydrogen-bond donors (Lipinski definition) is 1. The van der Waals surface area contributed by atoms with Crippen molar-refractivity contribution in [1.82, 2.24) is 4.98 Å². The third-order valence-corrected chi connectivity index (χ3v) is 5.94. The van der Waals surface area contributed by atoms with Crippen LogP contribution in [0.3, 0.4) is 0 Å². The van der Waals surface area contributed by atoms with Crippen LogP contribution in [0.1, 0.15) is 25.3 Å². The number of carboxylic acids is 1. The van der Waals surface area contributed by atoms with Crippen LogP contribution in [0, 0.1) is 0 Å². The Balaban J connectivity index is 1.48. The highest BCUT2D eigenvalue weighted by atomic mass is 35.5. The number of hydrogen-bond acceptors (Lipinski definition) is 7. The normalized spacial score (nSPS) is 11.8. The van der Waals surface area contributed by atoms with Crippen LogP contribution in [-0.4, -0.2) is 42.4 Å². The maximum atomic E-state index is 11.4. The first kappa shape index (κ1) is 26.2. The Morgan fingerprint density at radius 3 is 2.59 bits per heavy atom. The first-order chi connectivity index (χ1) is 17.9. The van der Waals surface area contributed by atoms with E-state index in [1.807, 2.05) is 53.4 Å². The van der Waals surface area contributed by atoms with E-state index in [1.165, 1.54) is 0 Å². The van der Waals surface area contributed by atoms with Crippen molar-refractivity contribution in [3.63, 3.8) is 0 Å². The van der Waals surface area contributed by atoms with E-state index in [4.69, 9.17) is 30.2 Å². The second kappa shape index (κ2) is 12.4. The number of methoxy groups -OCH3 is 1. The molecule has 1 N–H and O–H groups in total. The number of aliphatic carboxylic acids is 1. The summed E-state index contributed by atoms with van der Waals surface area (Å²) in [6.45, 7) is 3.35. The van der Waals surface area contributed by atoms with E-state index in [1.54, 1.807) is 32.2 Å². The predicted octanol–water partition coefficient (Wildman–Crippen LogP) is 6.21. The number of halogens is 1. The molecule has 4 rings (SSSR count). The standard InChI is InChI=1S/C28H29ClN2O6/c1-3-25(27(32)33)36-23-7-4-6-19(16-23)18-31(28-30-24-13-8-20(29)17-26(24)37-28)14-5-15-35-22-11-9-21(34-2)10-12-22/h4,6-13,16-17,25H,3,5,14-15,18H2,1-2H3,(H,32,33)/t25-/m1/s1. The maximum absolute atomic E-state index is 11.4. The fraction of sp³-hybridized carbons (Fsp3) is 0.286. The van der Waals surface area contributed by atoms with Crippen molar-refractivity contribution in [2.45, 2.75) is 32.4 Å². The van der Waals surface area contributed by atoms with E-state index >= 15 is 0 Å². The first-order valence-electron chi connectivity index (χ1n) is 12.0. The van der Waals surface area contributed by atoms with E-state index < -0.39 is 12.1 Å². The molecule has 9 heteroatoms. The van der Waals surface area contributed by atoms with Crippen molar-refractivity contribution >= 4 is 34.7 Å². The lowest BCUT2D eigenvalue weighted by atomic mass is 10.2. The van der Waals surface area contributed by atoms with Gasteiger partial charge in [0.15, 0.2) is 11.7 Å². The zero-order valence-corrected chi connectivity index (χ0v) is 21.5. The molecule has 0 radical (unpaired) electrons. The van der Waals surface area contributed by atoms with Gasteiger partial charge in [0.05, 0.1) is 13.7 Å². The van der Waals surface area contributed by atoms with Gasteiger partial charge in [-0.05, 0) is 66.9 Å². The third-order valence-electron chi connectivity index (χ3n) is 5.71. The summed E-state index contributed by atoms with van der Waals surface area (Å²) in [6, 6.07) is 20.6. The van der Waals surface area contributed by atoms with Crippen LogP contribution < -0.4 is 19.1 Å². The Morgan fingerprint density at radius 2 is 1.86 bits per heavy atom. The number of carboxylic acid groups (broad SMARTS) is 1. The van der Waals surface area contributed by atoms with Crippen LogP contribution in [0.5, 0.6) is 17.2 Å². The van der Waals surface area contributed by atoms with Crippen LogP contribution in [0.15, 0.2) is 71.1 Å². The number of rotatable bonds is 13. The van der Waals surface area contributed by atoms with Gasteiger partial charge in [-0.2, -0.15) is 4.98 Å². The Labute approximate surface area is 220 Å². The summed E-state index contributed by atoms with van der Waals surface area (Å²) in [6.07, 6.45) is 0.174. The molecule has 0 amide bonds. The van der Waals surface area contributed by atoms with Gasteiger partial charge in [0.25, 0.3) is 6.01 Å². The highest BCUT2D eigenvalue weighted by Gasteiger charge is 2.18. The summed E-state index contributed by atoms with van der Waals surface area (Å²) in [5.41, 5.74) is 2.24. The Morgan fingerprint density at radius 1 is 1.08 bits per heavy atom. The number of carbonyl (C=O) groups is 1. The molecule has 4 aromatic rings. The molecule has 8 nitrogen and oxygen atoms in total. The van der Waals surface area contributed by atoms with Gasteiger partial charge in [-0.3, -0.25) is 0 Å². The van der Waals surface area contributed by atoms with E-state index in [0.29, 0.717) is 60.4 Å². The highest BCUT2D eigenvalue weighted by Crippen LogP contribution is 2.27. The summed E-state index contributed by atoms with van der Waals surface area (Å²) in [5.74, 6) is 1.04. The third kappa shape index (κ3) is 7.07. The molecule has 1 atom stereocenters. The number of anilines is 1. The molecule has 0 unspecified atom stereocenters. The van der Waals surface area contributed by atoms with E-state index in [9.17, 15) is 9.90 Å². The summed E-state index contributed by atoms with van der Waals surface area (Å²) >= 11 is 6.13. The minimum Gasteiger partial charge on any atom is -0.497 e. The number of benzene rings is 3. The van der Waals surface area contributed by atoms with Gasteiger partial charge in [0.1, 0.15) is 22.8 Å². The lowest BCUT2D eigenvalue weighted by molar-refractivity contribution is -0.145. The molecule has 0 aliphatic carbocycles. The molecule has 0 saturated heterocycles. The molecule has 194 valence electrons. The second-order valence-electron chi connectivity index (χ2n) is 8.41. The number of ether oxygens (including phenoxy) is 3. The Hall–Kier alpha value is -3.91. The monoisotopic (exact) mass is 524 g/mol. The Bertz CT molecular complexity index is 1320. The molecule has 37 heavy (non-hydrogen) atoms. The number of oxazole rings is 1. The van der Waals surface area contributed by atoms with Gasteiger partial charge in [-0.15, -0.1) is 0 Å². The van der Waals surface area contributed by atoms with E-state index in [-0.39, 0.29) is 0 Å².